The molecule has 0 bridgehead atoms. The van der Waals surface area contributed by atoms with Crippen LogP contribution in [0.4, 0.5) is 41.9 Å². The SMILES string of the molecule is CC(=O)O[C@H]1Cc2ccccc2N(C(=O)NC(=O)OC(C)Cl)c2ccccc21.CC(=O)O[C@H]1Cc2ccccc2N(C(N)=O)c2ccccc21.CC(Cl)OC(=O)Cl. The molecule has 2 unspecified atom stereocenters. The Morgan fingerprint density at radius 1 is 0.632 bits per heavy atom. The number of carbonyl (C=O) groups is 6. The fourth-order valence-corrected chi connectivity index (χ4v) is 6.47. The number of nitrogens with zero attached hydrogens (tertiary/aromatic N) is 2. The zero-order valence-electron chi connectivity index (χ0n) is 31.1. The summed E-state index contributed by atoms with van der Waals surface area (Å²) < 4.78 is 19.9. The van der Waals surface area contributed by atoms with Gasteiger partial charge >= 0.3 is 35.5 Å². The Morgan fingerprint density at radius 2 is 1.02 bits per heavy atom. The van der Waals surface area contributed by atoms with E-state index in [9.17, 15) is 28.8 Å². The Morgan fingerprint density at radius 3 is 1.40 bits per heavy atom. The maximum atomic E-state index is 13.0. The number of esters is 2. The fraction of sp³-hybridized carbons (Fsp3) is 0.250. The molecule has 0 fully saturated rings. The number of imide groups is 1. The van der Waals surface area contributed by atoms with Crippen LogP contribution in [0, 0.1) is 0 Å². The van der Waals surface area contributed by atoms with Crippen LogP contribution in [-0.2, 0) is 41.4 Å². The second kappa shape index (κ2) is 20.4. The van der Waals surface area contributed by atoms with Gasteiger partial charge in [0.25, 0.3) is 0 Å². The summed E-state index contributed by atoms with van der Waals surface area (Å²) in [5.41, 5.74) is 8.77. The molecule has 2 heterocycles. The van der Waals surface area contributed by atoms with Crippen LogP contribution >= 0.6 is 34.8 Å². The van der Waals surface area contributed by atoms with Crippen molar-refractivity contribution in [2.45, 2.75) is 63.9 Å². The first-order valence-electron chi connectivity index (χ1n) is 17.3. The van der Waals surface area contributed by atoms with Gasteiger partial charge in [0, 0.05) is 49.4 Å². The lowest BCUT2D eigenvalue weighted by Crippen LogP contribution is -2.41. The summed E-state index contributed by atoms with van der Waals surface area (Å²) in [5, 5.41) is 2.18. The number of benzene rings is 4. The number of nitrogens with two attached hydrogens (primary N) is 1. The van der Waals surface area contributed by atoms with E-state index >= 15 is 0 Å². The van der Waals surface area contributed by atoms with Gasteiger partial charge in [0.1, 0.15) is 12.2 Å². The van der Waals surface area contributed by atoms with E-state index < -0.39 is 52.9 Å². The van der Waals surface area contributed by atoms with Crippen LogP contribution in [0.1, 0.15) is 62.2 Å². The van der Waals surface area contributed by atoms with Crippen LogP contribution in [0.15, 0.2) is 97.1 Å². The maximum absolute atomic E-state index is 13.0. The number of urea groups is 2. The van der Waals surface area contributed by atoms with Gasteiger partial charge in [0.2, 0.25) is 0 Å². The zero-order valence-corrected chi connectivity index (χ0v) is 33.4. The van der Waals surface area contributed by atoms with Crippen molar-refractivity contribution in [1.82, 2.24) is 5.32 Å². The molecule has 3 N–H and O–H groups in total. The van der Waals surface area contributed by atoms with Gasteiger partial charge < -0.3 is 24.7 Å². The third-order valence-electron chi connectivity index (χ3n) is 8.10. The van der Waals surface area contributed by atoms with Gasteiger partial charge in [-0.25, -0.2) is 24.5 Å². The van der Waals surface area contributed by atoms with Crippen molar-refractivity contribution in [3.05, 3.63) is 119 Å². The van der Waals surface area contributed by atoms with Crippen LogP contribution in [0.2, 0.25) is 0 Å². The van der Waals surface area contributed by atoms with Crippen molar-refractivity contribution in [2.75, 3.05) is 9.80 Å². The summed E-state index contributed by atoms with van der Waals surface area (Å²) in [6, 6.07) is 27.8. The standard InChI is InChI=1S/C20H19ClN2O5.C17H16N2O3.C3H4Cl2O2/c1-12(21)27-20(26)22-19(25)23-16-9-5-3-7-14(16)11-18(28-13(2)24)15-8-4-6-10-17(15)23;1-11(20)22-16-10-12-6-2-4-8-14(12)19(17(18)21)15-9-5-3-7-13(15)16;1-2(4)7-3(5)6/h3-10,12,18H,11H2,1-2H3,(H,22,25,26);2-9,16H,10H2,1H3,(H2,18,21);2H,1H3/t12?,18-;16-;/m00./s1. The Kier molecular flexibility index (Phi) is 15.7. The quantitative estimate of drug-likeness (QED) is 0.0869. The molecule has 57 heavy (non-hydrogen) atoms. The molecule has 0 radical (unpaired) electrons. The minimum atomic E-state index is -0.955. The van der Waals surface area contributed by atoms with Crippen molar-refractivity contribution < 1.29 is 47.7 Å². The number of hydrogen-bond donors (Lipinski definition) is 2. The molecule has 0 spiro atoms. The monoisotopic (exact) mass is 840 g/mol. The number of primary amides is 1. The second-order valence-corrected chi connectivity index (χ2v) is 13.8. The van der Waals surface area contributed by atoms with Gasteiger partial charge in [-0.15, -0.1) is 0 Å². The maximum Gasteiger partial charge on any atom is 0.416 e. The van der Waals surface area contributed by atoms with E-state index in [4.69, 9.17) is 54.7 Å². The van der Waals surface area contributed by atoms with Gasteiger partial charge in [0.05, 0.1) is 22.7 Å². The molecule has 4 aromatic carbocycles. The van der Waals surface area contributed by atoms with Crippen molar-refractivity contribution >= 4 is 93.1 Å². The first-order chi connectivity index (χ1) is 27.1. The molecule has 17 heteroatoms. The molecule has 6 rings (SSSR count). The smallest absolute Gasteiger partial charge is 0.416 e. The lowest BCUT2D eigenvalue weighted by molar-refractivity contribution is -0.147. The average molecular weight is 842 g/mol. The molecular formula is C40H39Cl3N4O10. The topological polar surface area (TPSA) is 184 Å². The van der Waals surface area contributed by atoms with E-state index in [0.29, 0.717) is 35.5 Å². The van der Waals surface area contributed by atoms with Gasteiger partial charge in [-0.2, -0.15) is 0 Å². The number of nitrogens with one attached hydrogen (secondary N) is 1. The van der Waals surface area contributed by atoms with E-state index in [1.54, 1.807) is 42.5 Å². The summed E-state index contributed by atoms with van der Waals surface area (Å²) >= 11 is 15.5. The molecule has 2 aliphatic rings. The van der Waals surface area contributed by atoms with Crippen molar-refractivity contribution in [1.29, 1.82) is 0 Å². The van der Waals surface area contributed by atoms with Crippen LogP contribution in [0.3, 0.4) is 0 Å². The van der Waals surface area contributed by atoms with Gasteiger partial charge in [-0.05, 0) is 49.2 Å². The van der Waals surface area contributed by atoms with E-state index in [-0.39, 0.29) is 5.97 Å². The van der Waals surface area contributed by atoms with Crippen LogP contribution in [0.5, 0.6) is 0 Å². The number of amides is 5. The second-order valence-electron chi connectivity index (χ2n) is 12.3. The molecule has 0 aromatic heterocycles. The number of rotatable bonds is 4. The van der Waals surface area contributed by atoms with Gasteiger partial charge in [-0.3, -0.25) is 19.4 Å². The van der Waals surface area contributed by atoms with Crippen molar-refractivity contribution in [3.8, 4) is 0 Å². The third-order valence-corrected chi connectivity index (χ3v) is 8.37. The molecular weight excluding hydrogens is 803 g/mol. The number of ether oxygens (including phenoxy) is 4. The number of alkyl carbamates (subject to hydrolysis) is 1. The minimum absolute atomic E-state index is 0.357. The summed E-state index contributed by atoms with van der Waals surface area (Å²) in [6.07, 6.45) is -1.08. The van der Waals surface area contributed by atoms with Gasteiger partial charge in [-0.1, -0.05) is 96.0 Å². The molecule has 0 saturated heterocycles. The molecule has 4 aromatic rings. The predicted octanol–water partition coefficient (Wildman–Crippen LogP) is 9.43. The molecule has 14 nitrogen and oxygen atoms in total. The third kappa shape index (κ3) is 12.1. The molecule has 2 aliphatic heterocycles. The molecule has 5 amide bonds. The first kappa shape index (κ1) is 43.9. The number of alkyl halides is 2. The average Bonchev–Trinajstić information content (AvgIpc) is 3.35. The van der Waals surface area contributed by atoms with Crippen LogP contribution < -0.4 is 20.9 Å². The van der Waals surface area contributed by atoms with Crippen molar-refractivity contribution in [3.63, 3.8) is 0 Å². The zero-order chi connectivity index (χ0) is 41.8. The normalized spacial score (nSPS) is 15.8. The summed E-state index contributed by atoms with van der Waals surface area (Å²) in [7, 11) is 0. The predicted molar refractivity (Wildman–Crippen MR) is 214 cm³/mol. The lowest BCUT2D eigenvalue weighted by atomic mass is 10.0. The minimum Gasteiger partial charge on any atom is -0.457 e. The summed E-state index contributed by atoms with van der Waals surface area (Å²) in [4.78, 5) is 72.5. The molecule has 4 atom stereocenters. The first-order valence-corrected chi connectivity index (χ1v) is 18.6. The Hall–Kier alpha value is -5.83. The highest BCUT2D eigenvalue weighted by molar-refractivity contribution is 6.61. The number of carbonyl (C=O) groups excluding carboxylic acids is 6. The molecule has 0 aliphatic carbocycles. The van der Waals surface area contributed by atoms with Crippen LogP contribution in [0.25, 0.3) is 0 Å². The number of anilines is 4. The number of para-hydroxylation sites is 4. The van der Waals surface area contributed by atoms with Gasteiger partial charge in [0.15, 0.2) is 11.1 Å². The number of fused-ring (bicyclic) bond motifs is 4. The molecule has 0 saturated carbocycles. The van der Waals surface area contributed by atoms with Crippen LogP contribution in [-0.4, -0.2) is 46.6 Å². The van der Waals surface area contributed by atoms with E-state index in [1.165, 1.54) is 37.5 Å². The fourth-order valence-electron chi connectivity index (χ4n) is 6.12. The Balaban J connectivity index is 0.000000221. The Labute approximate surface area is 343 Å². The lowest BCUT2D eigenvalue weighted by Gasteiger charge is -2.25. The number of halogens is 3. The molecule has 300 valence electrons. The van der Waals surface area contributed by atoms with E-state index in [2.05, 4.69) is 10.1 Å². The summed E-state index contributed by atoms with van der Waals surface area (Å²) in [6.45, 7) is 5.69. The van der Waals surface area contributed by atoms with E-state index in [0.717, 1.165) is 22.4 Å². The highest BCUT2D eigenvalue weighted by Gasteiger charge is 2.33. The van der Waals surface area contributed by atoms with Crippen molar-refractivity contribution in [2.24, 2.45) is 5.73 Å². The largest absolute Gasteiger partial charge is 0.457 e. The Bertz CT molecular complexity index is 2120. The highest BCUT2D eigenvalue weighted by atomic mass is 35.5. The summed E-state index contributed by atoms with van der Waals surface area (Å²) in [5.74, 6) is -0.778. The van der Waals surface area contributed by atoms with E-state index in [1.807, 2.05) is 54.6 Å². The number of hydrogen-bond acceptors (Lipinski definition) is 10. The highest BCUT2D eigenvalue weighted by Crippen LogP contribution is 2.43.